The molecule has 1 aliphatic rings. The van der Waals surface area contributed by atoms with Crippen molar-refractivity contribution in [1.29, 1.82) is 0 Å². The number of allylic oxidation sites excluding steroid dienone is 1. The molecule has 0 saturated heterocycles. The van der Waals surface area contributed by atoms with Crippen LogP contribution < -0.4 is 10.5 Å². The van der Waals surface area contributed by atoms with Crippen molar-refractivity contribution in [3.8, 4) is 11.5 Å². The molecule has 0 bridgehead atoms. The number of para-hydroxylation sites is 2. The molecule has 0 atom stereocenters. The molecule has 2 aromatic carbocycles. The van der Waals surface area contributed by atoms with E-state index in [-0.39, 0.29) is 17.2 Å². The zero-order valence-electron chi connectivity index (χ0n) is 19.3. The summed E-state index contributed by atoms with van der Waals surface area (Å²) < 4.78 is 11.6. The molecule has 3 heterocycles. The van der Waals surface area contributed by atoms with Crippen molar-refractivity contribution < 1.29 is 13.6 Å². The molecule has 33 heavy (non-hydrogen) atoms. The number of ketones is 1. The van der Waals surface area contributed by atoms with Crippen LogP contribution in [0.25, 0.3) is 39.1 Å². The van der Waals surface area contributed by atoms with Gasteiger partial charge in [-0.2, -0.15) is 0 Å². The van der Waals surface area contributed by atoms with Gasteiger partial charge in [0.15, 0.2) is 5.58 Å². The fraction of sp³-hybridized carbons (Fsp3) is 0.296. The van der Waals surface area contributed by atoms with Gasteiger partial charge in [-0.15, -0.1) is 0 Å². The third kappa shape index (κ3) is 3.75. The van der Waals surface area contributed by atoms with E-state index in [1.165, 1.54) is 0 Å². The summed E-state index contributed by atoms with van der Waals surface area (Å²) in [4.78, 5) is 31.1. The molecule has 6 nitrogen and oxygen atoms in total. The van der Waals surface area contributed by atoms with E-state index in [4.69, 9.17) is 8.83 Å². The van der Waals surface area contributed by atoms with E-state index < -0.39 is 5.63 Å². The molecule has 1 aliphatic heterocycles. The van der Waals surface area contributed by atoms with E-state index in [0.29, 0.717) is 28.7 Å². The van der Waals surface area contributed by atoms with Crippen LogP contribution in [0, 0.1) is 0 Å². The fourth-order valence-corrected chi connectivity index (χ4v) is 4.72. The minimum absolute atomic E-state index is 0.188. The molecule has 0 N–H and O–H groups in total. The smallest absolute Gasteiger partial charge is 0.349 e. The summed E-state index contributed by atoms with van der Waals surface area (Å²) in [7, 11) is 0. The number of carbonyl (C=O) groups excluding carboxylic acids is 1. The SMILES string of the molecule is CC(=O)CCCN1c2cc3oc(=O)c(-c4nc5ccccc5o4)cc3cc2C(C)=CC1(C)C. The van der Waals surface area contributed by atoms with Crippen molar-refractivity contribution in [3.63, 3.8) is 0 Å². The molecule has 0 saturated carbocycles. The second-order valence-electron chi connectivity index (χ2n) is 9.28. The van der Waals surface area contributed by atoms with Crippen LogP contribution in [-0.2, 0) is 4.79 Å². The molecule has 5 rings (SSSR count). The van der Waals surface area contributed by atoms with Crippen molar-refractivity contribution in [2.75, 3.05) is 11.4 Å². The second-order valence-corrected chi connectivity index (χ2v) is 9.28. The Morgan fingerprint density at radius 1 is 1.06 bits per heavy atom. The van der Waals surface area contributed by atoms with Gasteiger partial charge in [-0.25, -0.2) is 9.78 Å². The van der Waals surface area contributed by atoms with Gasteiger partial charge in [0.05, 0.1) is 5.54 Å². The highest BCUT2D eigenvalue weighted by atomic mass is 16.4. The second kappa shape index (κ2) is 7.73. The lowest BCUT2D eigenvalue weighted by Crippen LogP contribution is -2.45. The Kier molecular flexibility index (Phi) is 4.96. The highest BCUT2D eigenvalue weighted by Gasteiger charge is 2.31. The molecule has 2 aromatic heterocycles. The Labute approximate surface area is 191 Å². The first-order chi connectivity index (χ1) is 15.7. The van der Waals surface area contributed by atoms with Gasteiger partial charge >= 0.3 is 5.63 Å². The quantitative estimate of drug-likeness (QED) is 0.354. The van der Waals surface area contributed by atoms with E-state index in [2.05, 4.69) is 42.8 Å². The monoisotopic (exact) mass is 442 g/mol. The van der Waals surface area contributed by atoms with Crippen LogP contribution in [0.5, 0.6) is 0 Å². The van der Waals surface area contributed by atoms with Gasteiger partial charge in [-0.3, -0.25) is 0 Å². The van der Waals surface area contributed by atoms with E-state index in [1.54, 1.807) is 13.0 Å². The third-order valence-electron chi connectivity index (χ3n) is 6.27. The van der Waals surface area contributed by atoms with Gasteiger partial charge in [0, 0.05) is 35.7 Å². The van der Waals surface area contributed by atoms with Crippen molar-refractivity contribution in [2.24, 2.45) is 0 Å². The van der Waals surface area contributed by atoms with Crippen LogP contribution in [-0.4, -0.2) is 22.9 Å². The average Bonchev–Trinajstić information content (AvgIpc) is 3.18. The number of aromatic nitrogens is 1. The van der Waals surface area contributed by atoms with E-state index in [1.807, 2.05) is 30.3 Å². The number of Topliss-reactive ketones (excluding diaryl/α,β-unsaturated/α-hetero) is 1. The zero-order chi connectivity index (χ0) is 23.3. The number of rotatable bonds is 5. The molecule has 0 radical (unpaired) electrons. The minimum Gasteiger partial charge on any atom is -0.436 e. The largest absolute Gasteiger partial charge is 0.436 e. The summed E-state index contributed by atoms with van der Waals surface area (Å²) >= 11 is 0. The normalized spacial score (nSPS) is 15.0. The molecular formula is C27H26N2O4. The topological polar surface area (TPSA) is 76.6 Å². The molecule has 6 heteroatoms. The lowest BCUT2D eigenvalue weighted by molar-refractivity contribution is -0.117. The number of carbonyl (C=O) groups is 1. The van der Waals surface area contributed by atoms with Crippen molar-refractivity contribution in [3.05, 3.63) is 64.5 Å². The summed E-state index contributed by atoms with van der Waals surface area (Å²) in [6, 6.07) is 13.2. The predicted molar refractivity (Wildman–Crippen MR) is 130 cm³/mol. The number of benzene rings is 2. The van der Waals surface area contributed by atoms with Gasteiger partial charge in [0.25, 0.3) is 0 Å². The number of hydrogen-bond donors (Lipinski definition) is 0. The molecule has 168 valence electrons. The van der Waals surface area contributed by atoms with Crippen LogP contribution in [0.3, 0.4) is 0 Å². The number of oxazole rings is 1. The van der Waals surface area contributed by atoms with E-state index >= 15 is 0 Å². The summed E-state index contributed by atoms with van der Waals surface area (Å²) in [6.07, 6.45) is 3.56. The Morgan fingerprint density at radius 3 is 2.58 bits per heavy atom. The highest BCUT2D eigenvalue weighted by molar-refractivity contribution is 5.93. The van der Waals surface area contributed by atoms with Gasteiger partial charge < -0.3 is 18.5 Å². The summed E-state index contributed by atoms with van der Waals surface area (Å²) in [5, 5.41) is 0.807. The first-order valence-corrected chi connectivity index (χ1v) is 11.2. The lowest BCUT2D eigenvalue weighted by Gasteiger charge is -2.43. The summed E-state index contributed by atoms with van der Waals surface area (Å²) in [6.45, 7) is 8.77. The van der Waals surface area contributed by atoms with Crippen LogP contribution in [0.15, 0.2) is 62.2 Å². The maximum Gasteiger partial charge on any atom is 0.349 e. The molecule has 4 aromatic rings. The van der Waals surface area contributed by atoms with E-state index in [9.17, 15) is 9.59 Å². The maximum absolute atomic E-state index is 12.9. The standard InChI is InChI=1S/C27H26N2O4/c1-16-15-27(3,4)29(11-7-8-17(2)30)22-14-24-18(12-19(16)22)13-20(26(31)33-24)25-28-21-9-5-6-10-23(21)32-25/h5-6,9-10,12-15H,7-8,11H2,1-4H3. The van der Waals surface area contributed by atoms with Crippen molar-refractivity contribution >= 4 is 39.1 Å². The minimum atomic E-state index is -0.487. The number of hydrogen-bond acceptors (Lipinski definition) is 6. The van der Waals surface area contributed by atoms with Crippen molar-refractivity contribution in [1.82, 2.24) is 4.98 Å². The molecule has 0 spiro atoms. The average molecular weight is 443 g/mol. The number of anilines is 1. The third-order valence-corrected chi connectivity index (χ3v) is 6.27. The Hall–Kier alpha value is -3.67. The van der Waals surface area contributed by atoms with Crippen LogP contribution in [0.2, 0.25) is 0 Å². The Balaban J connectivity index is 1.62. The van der Waals surface area contributed by atoms with Crippen LogP contribution in [0.1, 0.15) is 46.1 Å². The summed E-state index contributed by atoms with van der Waals surface area (Å²) in [5.41, 5.74) is 4.68. The molecule has 0 amide bonds. The van der Waals surface area contributed by atoms with Gasteiger partial charge in [-0.1, -0.05) is 18.2 Å². The van der Waals surface area contributed by atoms with Crippen molar-refractivity contribution in [2.45, 2.75) is 46.1 Å². The van der Waals surface area contributed by atoms with Gasteiger partial charge in [0.2, 0.25) is 5.89 Å². The lowest BCUT2D eigenvalue weighted by atomic mass is 9.87. The maximum atomic E-state index is 12.9. The Bertz CT molecular complexity index is 1460. The van der Waals surface area contributed by atoms with Crippen LogP contribution >= 0.6 is 0 Å². The molecule has 0 fully saturated rings. The zero-order valence-corrected chi connectivity index (χ0v) is 19.3. The first kappa shape index (κ1) is 21.2. The number of nitrogens with zero attached hydrogens (tertiary/aromatic N) is 2. The Morgan fingerprint density at radius 2 is 1.82 bits per heavy atom. The molecule has 0 unspecified atom stereocenters. The van der Waals surface area contributed by atoms with Gasteiger partial charge in [0.1, 0.15) is 22.4 Å². The predicted octanol–water partition coefficient (Wildman–Crippen LogP) is 5.97. The number of fused-ring (bicyclic) bond motifs is 3. The van der Waals surface area contributed by atoms with Crippen LogP contribution in [0.4, 0.5) is 5.69 Å². The van der Waals surface area contributed by atoms with Gasteiger partial charge in [-0.05, 0) is 64.0 Å². The molecular weight excluding hydrogens is 416 g/mol. The fourth-order valence-electron chi connectivity index (χ4n) is 4.72. The highest BCUT2D eigenvalue weighted by Crippen LogP contribution is 2.41. The van der Waals surface area contributed by atoms with E-state index in [0.717, 1.165) is 35.2 Å². The first-order valence-electron chi connectivity index (χ1n) is 11.2. The molecule has 0 aliphatic carbocycles. The summed E-state index contributed by atoms with van der Waals surface area (Å²) in [5.74, 6) is 0.442.